The molecule has 31 heavy (non-hydrogen) atoms. The molecule has 0 radical (unpaired) electrons. The number of ether oxygens (including phenoxy) is 4. The van der Waals surface area contributed by atoms with Crippen molar-refractivity contribution in [2.45, 2.75) is 19.9 Å². The number of hydrogen-bond donors (Lipinski definition) is 2. The van der Waals surface area contributed by atoms with Crippen molar-refractivity contribution in [3.05, 3.63) is 26.9 Å². The van der Waals surface area contributed by atoms with E-state index in [0.717, 1.165) is 0 Å². The molecule has 11 nitrogen and oxygen atoms in total. The van der Waals surface area contributed by atoms with Gasteiger partial charge in [-0.25, -0.2) is 9.78 Å². The molecule has 3 aromatic heterocycles. The molecule has 4 heterocycles. The first-order valence-corrected chi connectivity index (χ1v) is 9.65. The van der Waals surface area contributed by atoms with E-state index in [2.05, 4.69) is 15.1 Å². The zero-order chi connectivity index (χ0) is 22.0. The molecular formula is C20H21N5O6. The average Bonchev–Trinajstić information content (AvgIpc) is 3.43. The predicted molar refractivity (Wildman–Crippen MR) is 112 cm³/mol. The van der Waals surface area contributed by atoms with Gasteiger partial charge in [-0.1, -0.05) is 0 Å². The Balaban J connectivity index is 2.04. The van der Waals surface area contributed by atoms with E-state index in [1.165, 1.54) is 18.8 Å². The van der Waals surface area contributed by atoms with Crippen LogP contribution in [0.4, 0.5) is 0 Å². The van der Waals surface area contributed by atoms with Crippen LogP contribution in [-0.4, -0.2) is 45.3 Å². The van der Waals surface area contributed by atoms with Crippen molar-refractivity contribution >= 4 is 22.2 Å². The summed E-state index contributed by atoms with van der Waals surface area (Å²) in [5.74, 6) is 1.57. The lowest BCUT2D eigenvalue weighted by atomic mass is 9.99. The number of methoxy groups -OCH3 is 2. The molecule has 5 rings (SSSR count). The summed E-state index contributed by atoms with van der Waals surface area (Å²) in [6.45, 7) is 3.87. The van der Waals surface area contributed by atoms with Gasteiger partial charge in [-0.05, 0) is 19.9 Å². The summed E-state index contributed by atoms with van der Waals surface area (Å²) >= 11 is 0. The highest BCUT2D eigenvalue weighted by Gasteiger charge is 2.31. The Morgan fingerprint density at radius 3 is 2.58 bits per heavy atom. The van der Waals surface area contributed by atoms with Gasteiger partial charge in [0.15, 0.2) is 22.8 Å². The summed E-state index contributed by atoms with van der Waals surface area (Å²) in [5, 5.41) is 3.18. The Morgan fingerprint density at radius 2 is 1.90 bits per heavy atom. The molecule has 1 aromatic carbocycles. The van der Waals surface area contributed by atoms with Crippen molar-refractivity contribution in [1.82, 2.24) is 24.3 Å². The summed E-state index contributed by atoms with van der Waals surface area (Å²) in [7, 11) is 4.63. The monoisotopic (exact) mass is 427 g/mol. The molecule has 0 saturated heterocycles. The molecule has 11 heteroatoms. The Labute approximate surface area is 175 Å². The standard InChI is InChI=1S/C20H21N5O6/c1-8(2)25-18-12(19(26)23-25)11(13-17(21-18)22-20(27)24(13)3)9-6-10(28-4)15-16(14(9)29-5)31-7-30-15/h6,8H,7H2,1-5H3,(H,23,26)(H,21,22,27). The molecule has 0 bridgehead atoms. The van der Waals surface area contributed by atoms with Crippen LogP contribution in [0.15, 0.2) is 15.7 Å². The topological polar surface area (TPSA) is 125 Å². The van der Waals surface area contributed by atoms with Crippen LogP contribution < -0.4 is 30.2 Å². The fraction of sp³-hybridized carbons (Fsp3) is 0.350. The molecule has 0 saturated carbocycles. The van der Waals surface area contributed by atoms with E-state index in [9.17, 15) is 9.59 Å². The van der Waals surface area contributed by atoms with Gasteiger partial charge in [-0.15, -0.1) is 0 Å². The van der Waals surface area contributed by atoms with E-state index < -0.39 is 0 Å². The number of benzene rings is 1. The Bertz CT molecular complexity index is 1470. The number of imidazole rings is 1. The third kappa shape index (κ3) is 2.49. The molecule has 0 aliphatic carbocycles. The summed E-state index contributed by atoms with van der Waals surface area (Å²) in [6, 6.07) is 1.65. The number of aromatic nitrogens is 5. The van der Waals surface area contributed by atoms with Crippen molar-refractivity contribution in [2.24, 2.45) is 7.05 Å². The Hall–Kier alpha value is -3.89. The highest BCUT2D eigenvalue weighted by Crippen LogP contribution is 2.53. The average molecular weight is 427 g/mol. The van der Waals surface area contributed by atoms with Crippen molar-refractivity contribution < 1.29 is 18.9 Å². The quantitative estimate of drug-likeness (QED) is 0.509. The van der Waals surface area contributed by atoms with E-state index in [1.54, 1.807) is 17.8 Å². The second kappa shape index (κ2) is 6.56. The van der Waals surface area contributed by atoms with Gasteiger partial charge in [-0.2, -0.15) is 0 Å². The van der Waals surface area contributed by atoms with E-state index >= 15 is 0 Å². The van der Waals surface area contributed by atoms with Gasteiger partial charge >= 0.3 is 5.69 Å². The van der Waals surface area contributed by atoms with Crippen LogP contribution in [0.5, 0.6) is 23.0 Å². The van der Waals surface area contributed by atoms with Gasteiger partial charge in [0.1, 0.15) is 0 Å². The number of rotatable bonds is 4. The number of aryl methyl sites for hydroxylation is 1. The number of nitrogens with zero attached hydrogens (tertiary/aromatic N) is 3. The van der Waals surface area contributed by atoms with Crippen LogP contribution in [0.2, 0.25) is 0 Å². The number of hydrogen-bond acceptors (Lipinski definition) is 7. The van der Waals surface area contributed by atoms with Crippen molar-refractivity contribution in [2.75, 3.05) is 21.0 Å². The van der Waals surface area contributed by atoms with Gasteiger partial charge in [0.25, 0.3) is 5.56 Å². The molecule has 162 valence electrons. The molecule has 0 spiro atoms. The lowest BCUT2D eigenvalue weighted by molar-refractivity contribution is 0.168. The molecule has 1 aliphatic rings. The second-order valence-corrected chi connectivity index (χ2v) is 7.50. The molecule has 0 atom stereocenters. The predicted octanol–water partition coefficient (Wildman–Crippen LogP) is 1.90. The molecule has 1 aliphatic heterocycles. The zero-order valence-corrected chi connectivity index (χ0v) is 17.7. The van der Waals surface area contributed by atoms with Crippen molar-refractivity contribution in [3.8, 4) is 34.1 Å². The van der Waals surface area contributed by atoms with Crippen LogP contribution in [0, 0.1) is 0 Å². The van der Waals surface area contributed by atoms with Gasteiger partial charge in [0.2, 0.25) is 18.3 Å². The molecule has 0 unspecified atom stereocenters. The van der Waals surface area contributed by atoms with Crippen LogP contribution >= 0.6 is 0 Å². The van der Waals surface area contributed by atoms with E-state index in [4.69, 9.17) is 18.9 Å². The fourth-order valence-corrected chi connectivity index (χ4v) is 4.06. The van der Waals surface area contributed by atoms with E-state index in [1.807, 2.05) is 13.8 Å². The number of fused-ring (bicyclic) bond motifs is 3. The van der Waals surface area contributed by atoms with Gasteiger partial charge < -0.3 is 18.9 Å². The molecular weight excluding hydrogens is 406 g/mol. The van der Waals surface area contributed by atoms with Crippen LogP contribution in [-0.2, 0) is 7.05 Å². The van der Waals surface area contributed by atoms with Gasteiger partial charge in [0, 0.05) is 24.2 Å². The largest absolute Gasteiger partial charge is 0.493 e. The minimum absolute atomic E-state index is 0.0135. The van der Waals surface area contributed by atoms with E-state index in [-0.39, 0.29) is 24.1 Å². The summed E-state index contributed by atoms with van der Waals surface area (Å²) < 4.78 is 25.5. The number of H-pyrrole nitrogens is 2. The Kier molecular flexibility index (Phi) is 4.04. The summed E-state index contributed by atoms with van der Waals surface area (Å²) in [4.78, 5) is 32.9. The maximum atomic E-state index is 13.1. The highest BCUT2D eigenvalue weighted by molar-refractivity contribution is 6.08. The third-order valence-electron chi connectivity index (χ3n) is 5.47. The highest BCUT2D eigenvalue weighted by atomic mass is 16.7. The second-order valence-electron chi connectivity index (χ2n) is 7.50. The lowest BCUT2D eigenvalue weighted by Gasteiger charge is -2.16. The number of pyridine rings is 1. The first-order chi connectivity index (χ1) is 14.9. The zero-order valence-electron chi connectivity index (χ0n) is 17.7. The van der Waals surface area contributed by atoms with E-state index in [0.29, 0.717) is 56.3 Å². The van der Waals surface area contributed by atoms with Crippen molar-refractivity contribution in [1.29, 1.82) is 0 Å². The first-order valence-electron chi connectivity index (χ1n) is 9.65. The molecule has 0 fully saturated rings. The normalized spacial score (nSPS) is 13.0. The molecule has 4 aromatic rings. The molecule has 2 N–H and O–H groups in total. The fourth-order valence-electron chi connectivity index (χ4n) is 4.06. The van der Waals surface area contributed by atoms with Crippen LogP contribution in [0.1, 0.15) is 19.9 Å². The molecule has 0 amide bonds. The van der Waals surface area contributed by atoms with Crippen molar-refractivity contribution in [3.63, 3.8) is 0 Å². The van der Waals surface area contributed by atoms with Crippen LogP contribution in [0.3, 0.4) is 0 Å². The smallest absolute Gasteiger partial charge is 0.327 e. The number of nitrogens with one attached hydrogen (secondary N) is 2. The summed E-state index contributed by atoms with van der Waals surface area (Å²) in [6.07, 6.45) is 0. The SMILES string of the molecule is COc1cc(-c2c3c(=O)[nH]n(C(C)C)c3nc3[nH]c(=O)n(C)c23)c(OC)c2c1OCO2. The minimum atomic E-state index is -0.351. The maximum Gasteiger partial charge on any atom is 0.327 e. The van der Waals surface area contributed by atoms with Gasteiger partial charge in [-0.3, -0.25) is 24.1 Å². The minimum Gasteiger partial charge on any atom is -0.493 e. The Morgan fingerprint density at radius 1 is 1.16 bits per heavy atom. The first kappa shape index (κ1) is 19.1. The maximum absolute atomic E-state index is 13.1. The van der Waals surface area contributed by atoms with Crippen LogP contribution in [0.25, 0.3) is 33.3 Å². The van der Waals surface area contributed by atoms with Gasteiger partial charge in [0.05, 0.1) is 25.1 Å². The lowest BCUT2D eigenvalue weighted by Crippen LogP contribution is -2.12. The number of aromatic amines is 2. The summed E-state index contributed by atoms with van der Waals surface area (Å²) in [5.41, 5.74) is 1.54. The third-order valence-corrected chi connectivity index (χ3v) is 5.47.